The van der Waals surface area contributed by atoms with Crippen molar-refractivity contribution in [3.05, 3.63) is 146 Å². The highest BCUT2D eigenvalue weighted by atomic mass is 29.2. The lowest BCUT2D eigenvalue weighted by molar-refractivity contribution is 1.64. The summed E-state index contributed by atoms with van der Waals surface area (Å²) in [6.07, 6.45) is 0. The zero-order chi connectivity index (χ0) is 33.4. The normalized spacial score (nSPS) is 22.4. The molecule has 6 aromatic carbocycles. The van der Waals surface area contributed by atoms with Crippen LogP contribution >= 0.6 is 0 Å². The molecule has 0 N–H and O–H groups in total. The van der Waals surface area contributed by atoms with Crippen molar-refractivity contribution < 1.29 is 0 Å². The fraction of sp³-hybridized carbons (Fsp3) is 0.143. The Morgan fingerprint density at radius 2 is 0.292 bits per heavy atom. The monoisotopic (exact) mass is 720 g/mol. The minimum absolute atomic E-state index is 1.04. The average Bonchev–Trinajstić information content (AvgIpc) is 3.16. The van der Waals surface area contributed by atoms with E-state index in [4.69, 9.17) is 0 Å². The minimum Gasteiger partial charge on any atom is -0.0699 e. The van der Waals surface area contributed by atoms with Gasteiger partial charge in [-0.2, -0.15) is 0 Å². The van der Waals surface area contributed by atoms with Gasteiger partial charge in [0.15, 0.2) is 0 Å². The summed E-state index contributed by atoms with van der Waals surface area (Å²) < 4.78 is 0. The van der Waals surface area contributed by atoms with Crippen LogP contribution in [0.25, 0.3) is 33.4 Å². The lowest BCUT2D eigenvalue weighted by atomic mass is 10.1. The van der Waals surface area contributed by atoms with Crippen molar-refractivity contribution in [2.75, 3.05) is 0 Å². The molecular weight excluding hydrogens is 673 g/mol. The van der Waals surface area contributed by atoms with Gasteiger partial charge in [-0.3, -0.25) is 0 Å². The molecule has 10 aliphatic rings. The first-order valence-corrected chi connectivity index (χ1v) is 36.3. The standard InChI is InChI=1S/C42H48Si6/c1-43-37-19-7-31(8-20-37)33-11-23-39(24-12-33)45(3)47(5)41-27-15-35(16-28-41)36-17-29-42(30-18-36)48(6)46(4)40-25-13-34(14-26-40)32-9-21-38(22-10-32)44(43)2/h7-30,43-48H,1-6H3. The van der Waals surface area contributed by atoms with Gasteiger partial charge in [-0.1, -0.05) is 216 Å². The quantitative estimate of drug-likeness (QED) is 0.200. The topological polar surface area (TPSA) is 0 Å². The fourth-order valence-electron chi connectivity index (χ4n) is 7.61. The van der Waals surface area contributed by atoms with E-state index in [-0.39, 0.29) is 0 Å². The van der Waals surface area contributed by atoms with E-state index in [1.54, 1.807) is 31.1 Å². The molecule has 0 radical (unpaired) electrons. The second-order valence-corrected chi connectivity index (χ2v) is 45.9. The van der Waals surface area contributed by atoms with Crippen molar-refractivity contribution in [2.24, 2.45) is 0 Å². The molecule has 0 fully saturated rings. The molecule has 6 aromatic rings. The van der Waals surface area contributed by atoms with E-state index in [1.807, 2.05) is 0 Å². The van der Waals surface area contributed by atoms with Crippen LogP contribution < -0.4 is 31.1 Å². The van der Waals surface area contributed by atoms with Crippen LogP contribution in [0.15, 0.2) is 146 Å². The van der Waals surface area contributed by atoms with Gasteiger partial charge < -0.3 is 0 Å². The molecule has 6 heteroatoms. The maximum Gasteiger partial charge on any atom is 0.0635 e. The van der Waals surface area contributed by atoms with Gasteiger partial charge in [0.05, 0.1) is 49.9 Å². The highest BCUT2D eigenvalue weighted by Gasteiger charge is 2.23. The molecule has 6 atom stereocenters. The number of rotatable bonds is 0. The lowest BCUT2D eigenvalue weighted by Crippen LogP contribution is -2.49. The van der Waals surface area contributed by atoms with Crippen molar-refractivity contribution in [1.29, 1.82) is 0 Å². The van der Waals surface area contributed by atoms with Gasteiger partial charge in [0.1, 0.15) is 0 Å². The Morgan fingerprint density at radius 3 is 0.396 bits per heavy atom. The van der Waals surface area contributed by atoms with Crippen LogP contribution in [-0.2, 0) is 0 Å². The second-order valence-electron chi connectivity index (χ2n) is 14.5. The predicted octanol–water partition coefficient (Wildman–Crippen LogP) is 4.72. The van der Waals surface area contributed by atoms with E-state index in [9.17, 15) is 0 Å². The van der Waals surface area contributed by atoms with Crippen LogP contribution in [0.3, 0.4) is 0 Å². The lowest BCUT2D eigenvalue weighted by Gasteiger charge is -2.20. The van der Waals surface area contributed by atoms with Gasteiger partial charge in [-0.25, -0.2) is 0 Å². The van der Waals surface area contributed by atoms with E-state index < -0.39 is 49.9 Å². The largest absolute Gasteiger partial charge is 0.0699 e. The fourth-order valence-corrected chi connectivity index (χ4v) is 30.3. The summed E-state index contributed by atoms with van der Waals surface area (Å²) in [4.78, 5) is 0. The molecule has 16 rings (SSSR count). The zero-order valence-corrected chi connectivity index (χ0v) is 36.2. The minimum atomic E-state index is -1.04. The SMILES string of the molecule is C[SiH]1c2ccc(cc2)-c2ccc(cc2)[SiH](C)[SiH](C)c2ccc(cc2)-c2ccc(cc2)[SiH](C)[SiH](C)c2ccc(cc2)-c2ccc(cc2)[SiH]1C. The van der Waals surface area contributed by atoms with Crippen LogP contribution in [0.2, 0.25) is 39.3 Å². The van der Waals surface area contributed by atoms with E-state index in [0.29, 0.717) is 0 Å². The Morgan fingerprint density at radius 1 is 0.188 bits per heavy atom. The second kappa shape index (κ2) is 14.2. The van der Waals surface area contributed by atoms with E-state index >= 15 is 0 Å². The first-order chi connectivity index (χ1) is 23.3. The molecule has 240 valence electrons. The Bertz CT molecular complexity index is 1580. The molecule has 10 aliphatic heterocycles. The molecule has 10 heterocycles. The highest BCUT2D eigenvalue weighted by Crippen LogP contribution is 2.21. The summed E-state index contributed by atoms with van der Waals surface area (Å²) in [6.45, 7) is 15.4. The Kier molecular flexibility index (Phi) is 9.82. The number of hydrogen-bond donors (Lipinski definition) is 0. The van der Waals surface area contributed by atoms with Gasteiger partial charge in [-0.15, -0.1) is 0 Å². The van der Waals surface area contributed by atoms with Crippen molar-refractivity contribution in [1.82, 2.24) is 0 Å². The van der Waals surface area contributed by atoms with Crippen molar-refractivity contribution in [3.8, 4) is 33.4 Å². The van der Waals surface area contributed by atoms with Crippen LogP contribution in [0.1, 0.15) is 0 Å². The predicted molar refractivity (Wildman–Crippen MR) is 232 cm³/mol. The molecule has 0 aliphatic carbocycles. The smallest absolute Gasteiger partial charge is 0.0635 e. The molecule has 12 bridgehead atoms. The van der Waals surface area contributed by atoms with Gasteiger partial charge in [-0.05, 0) is 33.4 Å². The molecule has 0 nitrogen and oxygen atoms in total. The maximum absolute atomic E-state index is 2.57. The zero-order valence-electron chi connectivity index (χ0n) is 29.3. The summed E-state index contributed by atoms with van der Waals surface area (Å²) in [5.41, 5.74) is 8.04. The third kappa shape index (κ3) is 6.75. The first-order valence-electron chi connectivity index (χ1n) is 17.9. The summed E-state index contributed by atoms with van der Waals surface area (Å²) in [5.74, 6) is 0. The number of benzene rings is 6. The van der Waals surface area contributed by atoms with Crippen molar-refractivity contribution in [2.45, 2.75) is 39.3 Å². The van der Waals surface area contributed by atoms with Gasteiger partial charge in [0.25, 0.3) is 0 Å². The molecule has 0 amide bonds. The average molecular weight is 721 g/mol. The number of hydrogen-bond acceptors (Lipinski definition) is 0. The summed E-state index contributed by atoms with van der Waals surface area (Å²) in [6, 6.07) is 57.8. The van der Waals surface area contributed by atoms with E-state index in [1.165, 1.54) is 33.4 Å². The highest BCUT2D eigenvalue weighted by molar-refractivity contribution is 7.33. The third-order valence-corrected chi connectivity index (χ3v) is 45.4. The summed E-state index contributed by atoms with van der Waals surface area (Å²) in [7, 11) is -6.25. The summed E-state index contributed by atoms with van der Waals surface area (Å²) in [5, 5.41) is 9.63. The third-order valence-electron chi connectivity index (χ3n) is 11.9. The van der Waals surface area contributed by atoms with Crippen molar-refractivity contribution >= 4 is 81.0 Å². The Hall–Kier alpha value is -3.38. The molecule has 6 unspecified atom stereocenters. The van der Waals surface area contributed by atoms with Crippen LogP contribution in [0, 0.1) is 0 Å². The van der Waals surface area contributed by atoms with E-state index in [0.717, 1.165) is 0 Å². The Balaban J connectivity index is 1.23. The van der Waals surface area contributed by atoms with Crippen molar-refractivity contribution in [3.63, 3.8) is 0 Å². The molecular formula is C42H48Si6. The van der Waals surface area contributed by atoms with Crippen LogP contribution in [-0.4, -0.2) is 49.9 Å². The van der Waals surface area contributed by atoms with Crippen LogP contribution in [0.5, 0.6) is 0 Å². The first kappa shape index (κ1) is 33.1. The van der Waals surface area contributed by atoms with Gasteiger partial charge >= 0.3 is 0 Å². The maximum atomic E-state index is 2.57. The molecule has 0 saturated carbocycles. The van der Waals surface area contributed by atoms with Gasteiger partial charge in [0.2, 0.25) is 0 Å². The molecule has 0 spiro atoms. The summed E-state index contributed by atoms with van der Waals surface area (Å²) >= 11 is 0. The molecule has 48 heavy (non-hydrogen) atoms. The Labute approximate surface area is 297 Å². The van der Waals surface area contributed by atoms with Crippen LogP contribution in [0.4, 0.5) is 0 Å². The van der Waals surface area contributed by atoms with E-state index in [2.05, 4.69) is 185 Å². The van der Waals surface area contributed by atoms with Gasteiger partial charge in [0, 0.05) is 0 Å². The molecule has 0 saturated heterocycles. The molecule has 0 aromatic heterocycles.